The molecule has 0 aromatic heterocycles. The maximum atomic E-state index is 9.64. The Balaban J connectivity index is 2.42. The fourth-order valence-corrected chi connectivity index (χ4v) is 1.53. The van der Waals surface area contributed by atoms with Crippen molar-refractivity contribution < 1.29 is 5.11 Å². The molecule has 0 radical (unpaired) electrons. The first-order valence-corrected chi connectivity index (χ1v) is 5.98. The van der Waals surface area contributed by atoms with E-state index >= 15 is 0 Å². The normalized spacial score (nSPS) is 14.3. The van der Waals surface area contributed by atoms with Crippen LogP contribution in [-0.2, 0) is 0 Å². The van der Waals surface area contributed by atoms with E-state index in [1.165, 1.54) is 0 Å². The molecule has 1 aromatic carbocycles. The van der Waals surface area contributed by atoms with Crippen molar-refractivity contribution in [2.75, 3.05) is 13.1 Å². The summed E-state index contributed by atoms with van der Waals surface area (Å²) in [6.45, 7) is 5.06. The second-order valence-corrected chi connectivity index (χ2v) is 4.56. The maximum absolute atomic E-state index is 9.64. The lowest BCUT2D eigenvalue weighted by molar-refractivity contribution is 0.123. The van der Waals surface area contributed by atoms with E-state index in [0.29, 0.717) is 13.1 Å². The van der Waals surface area contributed by atoms with Crippen LogP contribution in [0, 0.1) is 17.2 Å². The van der Waals surface area contributed by atoms with Crippen molar-refractivity contribution in [3.05, 3.63) is 35.9 Å². The minimum absolute atomic E-state index is 0.157. The number of hydrogen-bond acceptors (Lipinski definition) is 3. The quantitative estimate of drug-likeness (QED) is 0.787. The molecule has 2 atom stereocenters. The Hall–Kier alpha value is -1.37. The first-order valence-electron chi connectivity index (χ1n) is 5.98. The molecule has 0 aliphatic carbocycles. The summed E-state index contributed by atoms with van der Waals surface area (Å²) in [6.07, 6.45) is -0.356. The van der Waals surface area contributed by atoms with Gasteiger partial charge in [-0.3, -0.25) is 0 Å². The molecule has 0 aliphatic heterocycles. The van der Waals surface area contributed by atoms with Crippen molar-refractivity contribution in [1.82, 2.24) is 5.32 Å². The third-order valence-electron chi connectivity index (χ3n) is 2.83. The van der Waals surface area contributed by atoms with Gasteiger partial charge in [-0.25, -0.2) is 0 Å². The van der Waals surface area contributed by atoms with Crippen molar-refractivity contribution in [1.29, 1.82) is 5.26 Å². The number of hydrogen-bond donors (Lipinski definition) is 2. The van der Waals surface area contributed by atoms with Crippen molar-refractivity contribution in [2.24, 2.45) is 5.92 Å². The van der Waals surface area contributed by atoms with E-state index < -0.39 is 0 Å². The Kier molecular flexibility index (Phi) is 5.68. The SMILES string of the molecule is CC(C)C(O)CNCC(C#N)c1ccccc1. The topological polar surface area (TPSA) is 56.0 Å². The van der Waals surface area contributed by atoms with E-state index in [9.17, 15) is 5.11 Å². The summed E-state index contributed by atoms with van der Waals surface area (Å²) in [5.74, 6) is 0.0790. The van der Waals surface area contributed by atoms with E-state index in [1.54, 1.807) is 0 Å². The molecule has 17 heavy (non-hydrogen) atoms. The van der Waals surface area contributed by atoms with Gasteiger partial charge in [0.2, 0.25) is 0 Å². The van der Waals surface area contributed by atoms with Gasteiger partial charge in [-0.2, -0.15) is 5.26 Å². The van der Waals surface area contributed by atoms with E-state index in [2.05, 4.69) is 11.4 Å². The number of nitriles is 1. The Labute approximate surface area is 103 Å². The summed E-state index contributed by atoms with van der Waals surface area (Å²) in [7, 11) is 0. The standard InChI is InChI=1S/C14H20N2O/c1-11(2)14(17)10-16-9-13(8-15)12-6-4-3-5-7-12/h3-7,11,13-14,16-17H,9-10H2,1-2H3. The molecule has 0 saturated heterocycles. The van der Waals surface area contributed by atoms with Crippen molar-refractivity contribution >= 4 is 0 Å². The molecular weight excluding hydrogens is 212 g/mol. The molecule has 0 amide bonds. The van der Waals surface area contributed by atoms with Gasteiger partial charge in [-0.1, -0.05) is 44.2 Å². The average molecular weight is 232 g/mol. The van der Waals surface area contributed by atoms with Crippen LogP contribution in [0.15, 0.2) is 30.3 Å². The molecule has 2 unspecified atom stereocenters. The zero-order valence-electron chi connectivity index (χ0n) is 10.4. The van der Waals surface area contributed by atoms with Gasteiger partial charge >= 0.3 is 0 Å². The number of rotatable bonds is 6. The molecule has 3 nitrogen and oxygen atoms in total. The third-order valence-corrected chi connectivity index (χ3v) is 2.83. The van der Waals surface area contributed by atoms with Crippen LogP contribution in [0.3, 0.4) is 0 Å². The third kappa shape index (κ3) is 4.56. The highest BCUT2D eigenvalue weighted by atomic mass is 16.3. The van der Waals surface area contributed by atoms with Gasteiger partial charge in [-0.05, 0) is 11.5 Å². The second kappa shape index (κ2) is 7.05. The zero-order chi connectivity index (χ0) is 12.7. The van der Waals surface area contributed by atoms with Crippen LogP contribution in [0.5, 0.6) is 0 Å². The predicted molar refractivity (Wildman–Crippen MR) is 68.5 cm³/mol. The van der Waals surface area contributed by atoms with Crippen LogP contribution in [-0.4, -0.2) is 24.3 Å². The summed E-state index contributed by atoms with van der Waals surface area (Å²) in [4.78, 5) is 0. The van der Waals surface area contributed by atoms with Gasteiger partial charge < -0.3 is 10.4 Å². The van der Waals surface area contributed by atoms with Crippen molar-refractivity contribution in [2.45, 2.75) is 25.9 Å². The average Bonchev–Trinajstić information content (AvgIpc) is 2.35. The minimum Gasteiger partial charge on any atom is -0.392 e. The highest BCUT2D eigenvalue weighted by Crippen LogP contribution is 2.13. The summed E-state index contributed by atoms with van der Waals surface area (Å²) in [6, 6.07) is 12.0. The smallest absolute Gasteiger partial charge is 0.0837 e. The molecule has 0 bridgehead atoms. The number of aliphatic hydroxyl groups excluding tert-OH is 1. The molecule has 0 fully saturated rings. The molecule has 92 valence electrons. The van der Waals surface area contributed by atoms with Crippen LogP contribution in [0.1, 0.15) is 25.3 Å². The molecular formula is C14H20N2O. The van der Waals surface area contributed by atoms with Gasteiger partial charge in [0, 0.05) is 13.1 Å². The fraction of sp³-hybridized carbons (Fsp3) is 0.500. The van der Waals surface area contributed by atoms with Gasteiger partial charge in [0.1, 0.15) is 0 Å². The Bertz CT molecular complexity index is 356. The fourth-order valence-electron chi connectivity index (χ4n) is 1.53. The lowest BCUT2D eigenvalue weighted by Gasteiger charge is -2.16. The lowest BCUT2D eigenvalue weighted by Crippen LogP contribution is -2.32. The summed E-state index contributed by atoms with van der Waals surface area (Å²) in [5, 5.41) is 21.9. The van der Waals surface area contributed by atoms with Crippen molar-refractivity contribution in [3.63, 3.8) is 0 Å². The molecule has 3 heteroatoms. The first kappa shape index (κ1) is 13.7. The van der Waals surface area contributed by atoms with Gasteiger partial charge in [-0.15, -0.1) is 0 Å². The van der Waals surface area contributed by atoms with Gasteiger partial charge in [0.05, 0.1) is 18.1 Å². The largest absolute Gasteiger partial charge is 0.392 e. The molecule has 0 aliphatic rings. The Morgan fingerprint density at radius 1 is 1.24 bits per heavy atom. The maximum Gasteiger partial charge on any atom is 0.0837 e. The lowest BCUT2D eigenvalue weighted by atomic mass is 10.0. The molecule has 1 aromatic rings. The second-order valence-electron chi connectivity index (χ2n) is 4.56. The first-order chi connectivity index (χ1) is 8.15. The van der Waals surface area contributed by atoms with E-state index in [4.69, 9.17) is 5.26 Å². The van der Waals surface area contributed by atoms with Gasteiger partial charge in [0.25, 0.3) is 0 Å². The van der Waals surface area contributed by atoms with E-state index in [0.717, 1.165) is 5.56 Å². The van der Waals surface area contributed by atoms with Crippen LogP contribution in [0.4, 0.5) is 0 Å². The van der Waals surface area contributed by atoms with Gasteiger partial charge in [0.15, 0.2) is 0 Å². The van der Waals surface area contributed by atoms with Crippen LogP contribution in [0.2, 0.25) is 0 Å². The highest BCUT2D eigenvalue weighted by Gasteiger charge is 2.12. The molecule has 2 N–H and O–H groups in total. The number of benzene rings is 1. The van der Waals surface area contributed by atoms with Crippen LogP contribution >= 0.6 is 0 Å². The highest BCUT2D eigenvalue weighted by molar-refractivity contribution is 5.24. The molecule has 0 spiro atoms. The predicted octanol–water partition coefficient (Wildman–Crippen LogP) is 1.90. The molecule has 1 rings (SSSR count). The van der Waals surface area contributed by atoms with Crippen molar-refractivity contribution in [3.8, 4) is 6.07 Å². The zero-order valence-corrected chi connectivity index (χ0v) is 10.4. The number of aliphatic hydroxyl groups is 1. The van der Waals surface area contributed by atoms with Crippen LogP contribution in [0.25, 0.3) is 0 Å². The van der Waals surface area contributed by atoms with E-state index in [1.807, 2.05) is 44.2 Å². The number of nitrogens with one attached hydrogen (secondary N) is 1. The summed E-state index contributed by atoms with van der Waals surface area (Å²) < 4.78 is 0. The summed E-state index contributed by atoms with van der Waals surface area (Å²) >= 11 is 0. The molecule has 0 heterocycles. The Morgan fingerprint density at radius 3 is 2.41 bits per heavy atom. The van der Waals surface area contributed by atoms with E-state index in [-0.39, 0.29) is 17.9 Å². The monoisotopic (exact) mass is 232 g/mol. The minimum atomic E-state index is -0.356. The Morgan fingerprint density at radius 2 is 1.88 bits per heavy atom. The van der Waals surface area contributed by atoms with Crippen LogP contribution < -0.4 is 5.32 Å². The molecule has 0 saturated carbocycles. The number of nitrogens with zero attached hydrogens (tertiary/aromatic N) is 1. The summed E-state index contributed by atoms with van der Waals surface area (Å²) in [5.41, 5.74) is 1.02.